The van der Waals surface area contributed by atoms with Gasteiger partial charge < -0.3 is 5.71 Å². The summed E-state index contributed by atoms with van der Waals surface area (Å²) in [6, 6.07) is 0. The summed E-state index contributed by atoms with van der Waals surface area (Å²) in [5.74, 6) is 0. The number of rotatable bonds is 0. The molecular weight excluding hydrogens is 174 g/mol. The van der Waals surface area contributed by atoms with Crippen LogP contribution in [0, 0.1) is 0 Å². The predicted octanol–water partition coefficient (Wildman–Crippen LogP) is -1.17. The summed E-state index contributed by atoms with van der Waals surface area (Å²) < 4.78 is 0. The van der Waals surface area contributed by atoms with Crippen molar-refractivity contribution in [2.24, 2.45) is 0 Å². The zero-order chi connectivity index (χ0) is 0. The number of hydrogen-bond acceptors (Lipinski definition) is 0. The van der Waals surface area contributed by atoms with Crippen LogP contribution in [0.3, 0.4) is 0 Å². The Labute approximate surface area is 92.0 Å². The Hall–Kier alpha value is 2.98. The van der Waals surface area contributed by atoms with Gasteiger partial charge in [0.25, 0.3) is 0 Å². The van der Waals surface area contributed by atoms with E-state index in [1.54, 1.807) is 0 Å². The van der Waals surface area contributed by atoms with Crippen LogP contribution >= 0.6 is 9.90 Å². The first-order valence-corrected chi connectivity index (χ1v) is 0. The van der Waals surface area contributed by atoms with Gasteiger partial charge in [0.05, 0.1) is 0 Å². The molecule has 0 amide bonds. The topological polar surface area (TPSA) is 0 Å². The molecule has 0 saturated carbocycles. The third-order valence-electron chi connectivity index (χ3n) is 0. The third-order valence-corrected chi connectivity index (χ3v) is 0. The molecule has 0 spiro atoms. The maximum absolute atomic E-state index is 0. The first kappa shape index (κ1) is 28.1. The zero-order valence-electron chi connectivity index (χ0n) is 6.62. The van der Waals surface area contributed by atoms with Crippen molar-refractivity contribution < 1.29 is 5.71 Å². The molecule has 0 nitrogen and oxygen atoms in total. The Bertz CT molecular complexity index is 16.0. The zero-order valence-corrected chi connectivity index (χ0v) is 9.76. The van der Waals surface area contributed by atoms with Crippen LogP contribution in [0.15, 0.2) is 0 Å². The summed E-state index contributed by atoms with van der Waals surface area (Å²) in [6.07, 6.45) is 0. The van der Waals surface area contributed by atoms with Crippen LogP contribution in [0.2, 0.25) is 0 Å². The van der Waals surface area contributed by atoms with E-state index in [4.69, 9.17) is 0 Å². The van der Waals surface area contributed by atoms with Crippen molar-refractivity contribution in [3.63, 3.8) is 0 Å². The standard InChI is InChI=1S/Ca.Mg.H3P.H2Se.4H/h;;1H3;1H2;;;;/q2*+2;;;4*-1. The van der Waals surface area contributed by atoms with Crippen LogP contribution in [0.4, 0.5) is 0 Å². The van der Waals surface area contributed by atoms with E-state index in [-0.39, 0.29) is 93.5 Å². The van der Waals surface area contributed by atoms with Crippen LogP contribution < -0.4 is 0 Å². The van der Waals surface area contributed by atoms with Gasteiger partial charge in [-0.2, -0.15) is 9.90 Å². The Morgan fingerprint density at radius 2 is 1.25 bits per heavy atom. The quantitative estimate of drug-likeness (QED) is 0.328. The van der Waals surface area contributed by atoms with Crippen LogP contribution in [0.25, 0.3) is 0 Å². The Morgan fingerprint density at radius 1 is 1.25 bits per heavy atom. The van der Waals surface area contributed by atoms with E-state index in [9.17, 15) is 0 Å². The molecule has 0 aromatic heterocycles. The summed E-state index contributed by atoms with van der Waals surface area (Å²) in [4.78, 5) is 0. The fourth-order valence-electron chi connectivity index (χ4n) is 0. The molecule has 0 aromatic rings. The molecule has 1 atom stereocenters. The minimum absolute atomic E-state index is 0. The summed E-state index contributed by atoms with van der Waals surface area (Å²) in [6.45, 7) is 0. The van der Waals surface area contributed by atoms with Crippen molar-refractivity contribution in [2.75, 3.05) is 0 Å². The van der Waals surface area contributed by atoms with Gasteiger partial charge in [-0.05, 0) is 0 Å². The summed E-state index contributed by atoms with van der Waals surface area (Å²) >= 11 is 0. The summed E-state index contributed by atoms with van der Waals surface area (Å²) in [5.41, 5.74) is 0. The van der Waals surface area contributed by atoms with Crippen LogP contribution in [-0.2, 0) is 0 Å². The van der Waals surface area contributed by atoms with Gasteiger partial charge in [0, 0.05) is 0 Å². The van der Waals surface area contributed by atoms with Crippen molar-refractivity contribution in [1.29, 1.82) is 0 Å². The first-order valence-electron chi connectivity index (χ1n) is 0. The molecule has 0 rings (SSSR count). The maximum atomic E-state index is 0. The van der Waals surface area contributed by atoms with E-state index in [0.717, 1.165) is 0 Å². The van der Waals surface area contributed by atoms with Crippen LogP contribution in [0.5, 0.6) is 0 Å². The molecule has 0 aromatic carbocycles. The first-order chi connectivity index (χ1) is 0. The van der Waals surface area contributed by atoms with Crippen molar-refractivity contribution in [2.45, 2.75) is 0 Å². The van der Waals surface area contributed by atoms with Gasteiger partial charge >= 0.3 is 77.9 Å². The normalized spacial score (nSPS) is 0. The molecule has 0 fully saturated rings. The third kappa shape index (κ3) is 8.88. The number of hydrogen-bond donors (Lipinski definition) is 0. The molecule has 0 aliphatic rings. The van der Waals surface area contributed by atoms with E-state index in [0.29, 0.717) is 0 Å². The van der Waals surface area contributed by atoms with Gasteiger partial charge in [-0.1, -0.05) is 0 Å². The van der Waals surface area contributed by atoms with Gasteiger partial charge in [-0.25, -0.2) is 0 Å². The van der Waals surface area contributed by atoms with Crippen molar-refractivity contribution in [3.8, 4) is 0 Å². The van der Waals surface area contributed by atoms with E-state index >= 15 is 0 Å². The molecule has 0 aliphatic carbocycles. The molecule has 4 heavy (non-hydrogen) atoms. The van der Waals surface area contributed by atoms with Crippen molar-refractivity contribution in [3.05, 3.63) is 0 Å². The monoisotopic (exact) mass is 184 g/mol. The van der Waals surface area contributed by atoms with Gasteiger partial charge in [-0.3, -0.25) is 0 Å². The average Bonchev–Trinajstić information content (AvgIpc) is 0. The van der Waals surface area contributed by atoms with E-state index in [2.05, 4.69) is 0 Å². The van der Waals surface area contributed by atoms with E-state index in [1.807, 2.05) is 0 Å². The molecule has 4 heteroatoms. The average molecular weight is 183 g/mol. The van der Waals surface area contributed by atoms with Gasteiger partial charge in [0.2, 0.25) is 0 Å². The molecule has 0 N–H and O–H groups in total. The molecule has 1 unspecified atom stereocenters. The Balaban J connectivity index is 0. The summed E-state index contributed by atoms with van der Waals surface area (Å²) in [7, 11) is 0. The molecule has 0 saturated heterocycles. The SMILES string of the molecule is P.[Ca+2].[H-].[H-].[H-].[H-].[Mg+2].[SeH2]. The second kappa shape index (κ2) is 16.7. The van der Waals surface area contributed by atoms with Gasteiger partial charge in [-0.15, -0.1) is 0 Å². The fourth-order valence-corrected chi connectivity index (χ4v) is 0. The molecule has 0 radical (unpaired) electrons. The van der Waals surface area contributed by atoms with E-state index < -0.39 is 0 Å². The Kier molecular flexibility index (Phi) is 118. The second-order valence-electron chi connectivity index (χ2n) is 0. The van der Waals surface area contributed by atoms with Crippen molar-refractivity contribution >= 4 is 87.8 Å². The predicted molar refractivity (Wildman–Crippen MR) is 35.6 cm³/mol. The second-order valence-corrected chi connectivity index (χ2v) is 0. The van der Waals surface area contributed by atoms with Gasteiger partial charge in [0.15, 0.2) is 0 Å². The molecule has 0 bridgehead atoms. The summed E-state index contributed by atoms with van der Waals surface area (Å²) in [5, 5.41) is 0. The van der Waals surface area contributed by atoms with Crippen LogP contribution in [0.1, 0.15) is 5.71 Å². The van der Waals surface area contributed by atoms with Gasteiger partial charge in [0.1, 0.15) is 0 Å². The molecular formula is H9CaMgPSe. The van der Waals surface area contributed by atoms with Crippen LogP contribution in [-0.4, -0.2) is 77.9 Å². The molecule has 0 heterocycles. The van der Waals surface area contributed by atoms with Crippen molar-refractivity contribution in [1.82, 2.24) is 0 Å². The van der Waals surface area contributed by atoms with E-state index in [1.165, 1.54) is 0 Å². The minimum atomic E-state index is 0. The molecule has 24 valence electrons. The Morgan fingerprint density at radius 3 is 1.25 bits per heavy atom. The fraction of sp³-hybridized carbons (Fsp3) is 0. The molecule has 0 aliphatic heterocycles.